The maximum absolute atomic E-state index is 12.6. The fourth-order valence-corrected chi connectivity index (χ4v) is 5.00. The smallest absolute Gasteiger partial charge is 0.338 e. The van der Waals surface area contributed by atoms with E-state index in [2.05, 4.69) is 11.4 Å². The van der Waals surface area contributed by atoms with E-state index in [9.17, 15) is 14.9 Å². The molecule has 0 saturated heterocycles. The van der Waals surface area contributed by atoms with Crippen LogP contribution in [0.4, 0.5) is 5.00 Å². The molecule has 6 nitrogen and oxygen atoms in total. The van der Waals surface area contributed by atoms with Gasteiger partial charge < -0.3 is 14.8 Å². The van der Waals surface area contributed by atoms with E-state index < -0.39 is 18.0 Å². The zero-order chi connectivity index (χ0) is 20.4. The molecule has 0 saturated carbocycles. The van der Waals surface area contributed by atoms with Crippen molar-refractivity contribution in [2.45, 2.75) is 51.6 Å². The van der Waals surface area contributed by atoms with Crippen molar-refractivity contribution >= 4 is 28.2 Å². The SMILES string of the molecule is CC(OC(=O)c1ccc2c(c1)CCO2)C(=O)Nc1sc2c(c1C#N)CCCCC2. The predicted octanol–water partition coefficient (Wildman–Crippen LogP) is 4.01. The first kappa shape index (κ1) is 19.5. The first-order chi connectivity index (χ1) is 14.1. The van der Waals surface area contributed by atoms with E-state index in [1.165, 1.54) is 23.1 Å². The van der Waals surface area contributed by atoms with Crippen molar-refractivity contribution < 1.29 is 19.1 Å². The van der Waals surface area contributed by atoms with E-state index in [4.69, 9.17) is 9.47 Å². The number of benzene rings is 1. The highest BCUT2D eigenvalue weighted by Gasteiger charge is 2.25. The van der Waals surface area contributed by atoms with Gasteiger partial charge in [-0.1, -0.05) is 6.42 Å². The summed E-state index contributed by atoms with van der Waals surface area (Å²) in [6, 6.07) is 7.38. The summed E-state index contributed by atoms with van der Waals surface area (Å²) in [7, 11) is 0. The molecule has 1 unspecified atom stereocenters. The van der Waals surface area contributed by atoms with Crippen molar-refractivity contribution in [3.05, 3.63) is 45.3 Å². The lowest BCUT2D eigenvalue weighted by Crippen LogP contribution is -2.30. The normalized spacial score (nSPS) is 15.9. The van der Waals surface area contributed by atoms with Crippen LogP contribution in [0.2, 0.25) is 0 Å². The summed E-state index contributed by atoms with van der Waals surface area (Å²) >= 11 is 1.47. The largest absolute Gasteiger partial charge is 0.493 e. The summed E-state index contributed by atoms with van der Waals surface area (Å²) < 4.78 is 10.8. The Hall–Kier alpha value is -2.85. The molecule has 2 aliphatic rings. The van der Waals surface area contributed by atoms with Crippen LogP contribution in [0.25, 0.3) is 0 Å². The Morgan fingerprint density at radius 1 is 1.24 bits per heavy atom. The Morgan fingerprint density at radius 3 is 2.90 bits per heavy atom. The average molecular weight is 410 g/mol. The van der Waals surface area contributed by atoms with E-state index in [0.29, 0.717) is 22.7 Å². The van der Waals surface area contributed by atoms with Gasteiger partial charge in [-0.3, -0.25) is 4.79 Å². The molecule has 1 aromatic carbocycles. The van der Waals surface area contributed by atoms with Crippen LogP contribution in [0.15, 0.2) is 18.2 Å². The molecule has 1 aromatic heterocycles. The number of aryl methyl sites for hydroxylation is 1. The molecule has 2 aromatic rings. The number of ether oxygens (including phenoxy) is 2. The lowest BCUT2D eigenvalue weighted by Gasteiger charge is -2.13. The Morgan fingerprint density at radius 2 is 2.07 bits per heavy atom. The first-order valence-corrected chi connectivity index (χ1v) is 10.7. The fraction of sp³-hybridized carbons (Fsp3) is 0.409. The van der Waals surface area contributed by atoms with Gasteiger partial charge in [-0.15, -0.1) is 11.3 Å². The number of thiophene rings is 1. The summed E-state index contributed by atoms with van der Waals surface area (Å²) in [5.41, 5.74) is 2.98. The minimum Gasteiger partial charge on any atom is -0.493 e. The molecule has 0 bridgehead atoms. The Bertz CT molecular complexity index is 1000. The highest BCUT2D eigenvalue weighted by molar-refractivity contribution is 7.16. The number of rotatable bonds is 4. The number of nitrogens with zero attached hydrogens (tertiary/aromatic N) is 1. The molecule has 150 valence electrons. The fourth-order valence-electron chi connectivity index (χ4n) is 3.76. The topological polar surface area (TPSA) is 88.4 Å². The van der Waals surface area contributed by atoms with Crippen LogP contribution in [0.5, 0.6) is 5.75 Å². The highest BCUT2D eigenvalue weighted by Crippen LogP contribution is 2.37. The Labute approximate surface area is 173 Å². The molecule has 1 atom stereocenters. The molecule has 0 radical (unpaired) electrons. The van der Waals surface area contributed by atoms with Gasteiger partial charge in [0.05, 0.1) is 17.7 Å². The van der Waals surface area contributed by atoms with E-state index in [0.717, 1.165) is 55.4 Å². The maximum Gasteiger partial charge on any atom is 0.338 e. The van der Waals surface area contributed by atoms with Crippen LogP contribution in [0.3, 0.4) is 0 Å². The molecule has 0 spiro atoms. The molecular formula is C22H22N2O4S. The molecule has 0 fully saturated rings. The van der Waals surface area contributed by atoms with Crippen LogP contribution in [-0.2, 0) is 28.8 Å². The van der Waals surface area contributed by atoms with Gasteiger partial charge in [0.2, 0.25) is 0 Å². The molecule has 1 N–H and O–H groups in total. The van der Waals surface area contributed by atoms with E-state index in [1.807, 2.05) is 0 Å². The van der Waals surface area contributed by atoms with E-state index >= 15 is 0 Å². The van der Waals surface area contributed by atoms with Crippen molar-refractivity contribution in [1.82, 2.24) is 0 Å². The molecule has 29 heavy (non-hydrogen) atoms. The highest BCUT2D eigenvalue weighted by atomic mass is 32.1. The van der Waals surface area contributed by atoms with Crippen molar-refractivity contribution in [3.63, 3.8) is 0 Å². The second-order valence-electron chi connectivity index (χ2n) is 7.34. The van der Waals surface area contributed by atoms with Crippen LogP contribution in [0.1, 0.15) is 58.1 Å². The van der Waals surface area contributed by atoms with Crippen molar-refractivity contribution in [1.29, 1.82) is 5.26 Å². The summed E-state index contributed by atoms with van der Waals surface area (Å²) in [4.78, 5) is 26.2. The molecule has 1 aliphatic heterocycles. The van der Waals surface area contributed by atoms with Crippen molar-refractivity contribution in [2.75, 3.05) is 11.9 Å². The van der Waals surface area contributed by atoms with Gasteiger partial charge >= 0.3 is 5.97 Å². The van der Waals surface area contributed by atoms with E-state index in [1.54, 1.807) is 18.2 Å². The number of anilines is 1. The Balaban J connectivity index is 1.44. The number of nitrogens with one attached hydrogen (secondary N) is 1. The first-order valence-electron chi connectivity index (χ1n) is 9.89. The molecular weight excluding hydrogens is 388 g/mol. The molecule has 7 heteroatoms. The standard InChI is InChI=1S/C22H22N2O4S/c1-13(28-22(26)15-7-8-18-14(11-15)9-10-27-18)20(25)24-21-17(12-23)16-5-3-2-4-6-19(16)29-21/h7-8,11,13H,2-6,9-10H2,1H3,(H,24,25). The zero-order valence-electron chi connectivity index (χ0n) is 16.2. The number of amides is 1. The number of hydrogen-bond donors (Lipinski definition) is 1. The predicted molar refractivity (Wildman–Crippen MR) is 109 cm³/mol. The van der Waals surface area contributed by atoms with Crippen molar-refractivity contribution in [2.24, 2.45) is 0 Å². The Kier molecular flexibility index (Phi) is 5.54. The molecule has 4 rings (SSSR count). The third kappa shape index (κ3) is 3.99. The lowest BCUT2D eigenvalue weighted by molar-refractivity contribution is -0.123. The lowest BCUT2D eigenvalue weighted by atomic mass is 10.1. The third-order valence-corrected chi connectivity index (χ3v) is 6.56. The van der Waals surface area contributed by atoms with Gasteiger partial charge in [0, 0.05) is 11.3 Å². The summed E-state index contributed by atoms with van der Waals surface area (Å²) in [6.45, 7) is 2.15. The zero-order valence-corrected chi connectivity index (χ0v) is 17.1. The number of fused-ring (bicyclic) bond motifs is 2. The summed E-state index contributed by atoms with van der Waals surface area (Å²) in [5, 5.41) is 12.9. The minimum atomic E-state index is -0.972. The van der Waals surface area contributed by atoms with E-state index in [-0.39, 0.29) is 0 Å². The number of nitriles is 1. The summed E-state index contributed by atoms with van der Waals surface area (Å²) in [6.07, 6.45) is 4.92. The van der Waals surface area contributed by atoms with Gasteiger partial charge in [0.15, 0.2) is 6.10 Å². The number of esters is 1. The van der Waals surface area contributed by atoms with Crippen LogP contribution >= 0.6 is 11.3 Å². The van der Waals surface area contributed by atoms with Crippen LogP contribution < -0.4 is 10.1 Å². The van der Waals surface area contributed by atoms with Crippen LogP contribution in [-0.4, -0.2) is 24.6 Å². The molecule has 1 aliphatic carbocycles. The second kappa shape index (κ2) is 8.26. The minimum absolute atomic E-state index is 0.398. The van der Waals surface area contributed by atoms with Gasteiger partial charge in [0.1, 0.15) is 16.8 Å². The van der Waals surface area contributed by atoms with Gasteiger partial charge in [-0.05, 0) is 61.9 Å². The number of hydrogen-bond acceptors (Lipinski definition) is 6. The quantitative estimate of drug-likeness (QED) is 0.608. The monoisotopic (exact) mass is 410 g/mol. The molecule has 2 heterocycles. The third-order valence-electron chi connectivity index (χ3n) is 5.35. The average Bonchev–Trinajstić information content (AvgIpc) is 3.24. The number of carbonyl (C=O) groups excluding carboxylic acids is 2. The van der Waals surface area contributed by atoms with Gasteiger partial charge in [0.25, 0.3) is 5.91 Å². The van der Waals surface area contributed by atoms with Gasteiger partial charge in [-0.25, -0.2) is 4.79 Å². The summed E-state index contributed by atoms with van der Waals surface area (Å²) in [5.74, 6) is -0.200. The number of carbonyl (C=O) groups is 2. The maximum atomic E-state index is 12.6. The van der Waals surface area contributed by atoms with Crippen LogP contribution in [0, 0.1) is 11.3 Å². The van der Waals surface area contributed by atoms with Crippen molar-refractivity contribution in [3.8, 4) is 11.8 Å². The second-order valence-corrected chi connectivity index (χ2v) is 8.44. The van der Waals surface area contributed by atoms with Gasteiger partial charge in [-0.2, -0.15) is 5.26 Å². The molecule has 1 amide bonds.